The molecule has 0 saturated carbocycles. The second-order valence-corrected chi connectivity index (χ2v) is 7.62. The van der Waals surface area contributed by atoms with Crippen molar-refractivity contribution in [3.05, 3.63) is 48.2 Å². The van der Waals surface area contributed by atoms with Gasteiger partial charge in [0.05, 0.1) is 7.11 Å². The average molecular weight is 347 g/mol. The maximum atomic E-state index is 11.8. The SMILES string of the molecule is CNS(=O)(=O)c1ccc(N2CCC(c3ccccc3OC)C2)nc1. The summed E-state index contributed by atoms with van der Waals surface area (Å²) < 4.78 is 31.3. The Balaban J connectivity index is 1.76. The van der Waals surface area contributed by atoms with Crippen LogP contribution in [0.15, 0.2) is 47.5 Å². The number of hydrogen-bond acceptors (Lipinski definition) is 5. The van der Waals surface area contributed by atoms with Gasteiger partial charge >= 0.3 is 0 Å². The zero-order valence-corrected chi connectivity index (χ0v) is 14.6. The van der Waals surface area contributed by atoms with E-state index in [4.69, 9.17) is 4.74 Å². The molecule has 1 saturated heterocycles. The Morgan fingerprint density at radius 1 is 1.25 bits per heavy atom. The minimum atomic E-state index is -3.45. The largest absolute Gasteiger partial charge is 0.496 e. The van der Waals surface area contributed by atoms with E-state index in [2.05, 4.69) is 20.7 Å². The molecule has 2 heterocycles. The third-order valence-corrected chi connectivity index (χ3v) is 5.79. The molecule has 1 unspecified atom stereocenters. The zero-order valence-electron chi connectivity index (χ0n) is 13.8. The van der Waals surface area contributed by atoms with Gasteiger partial charge in [-0.25, -0.2) is 18.1 Å². The molecule has 1 aliphatic rings. The first kappa shape index (κ1) is 16.7. The first-order valence-electron chi connectivity index (χ1n) is 7.82. The number of sulfonamides is 1. The van der Waals surface area contributed by atoms with Gasteiger partial charge in [-0.05, 0) is 37.2 Å². The van der Waals surface area contributed by atoms with E-state index in [1.54, 1.807) is 19.2 Å². The second kappa shape index (κ2) is 6.78. The lowest BCUT2D eigenvalue weighted by molar-refractivity contribution is 0.406. The molecular formula is C17H21N3O3S. The highest BCUT2D eigenvalue weighted by Gasteiger charge is 2.27. The topological polar surface area (TPSA) is 71.5 Å². The van der Waals surface area contributed by atoms with Crippen LogP contribution < -0.4 is 14.4 Å². The van der Waals surface area contributed by atoms with Crippen LogP contribution in [-0.4, -0.2) is 40.6 Å². The van der Waals surface area contributed by atoms with E-state index in [0.29, 0.717) is 5.92 Å². The average Bonchev–Trinajstić information content (AvgIpc) is 3.11. The predicted molar refractivity (Wildman–Crippen MR) is 93.0 cm³/mol. The number of ether oxygens (including phenoxy) is 1. The van der Waals surface area contributed by atoms with Crippen molar-refractivity contribution in [1.29, 1.82) is 0 Å². The molecule has 0 amide bonds. The van der Waals surface area contributed by atoms with Gasteiger partial charge in [-0.2, -0.15) is 0 Å². The molecule has 6 nitrogen and oxygen atoms in total. The number of methoxy groups -OCH3 is 1. The normalized spacial score (nSPS) is 17.9. The van der Waals surface area contributed by atoms with Gasteiger partial charge in [0.1, 0.15) is 16.5 Å². The van der Waals surface area contributed by atoms with Crippen LogP contribution in [0.1, 0.15) is 17.9 Å². The maximum Gasteiger partial charge on any atom is 0.241 e. The van der Waals surface area contributed by atoms with Crippen molar-refractivity contribution in [3.8, 4) is 5.75 Å². The molecule has 2 aromatic rings. The number of anilines is 1. The Labute approximate surface area is 142 Å². The third kappa shape index (κ3) is 3.22. The molecular weight excluding hydrogens is 326 g/mol. The van der Waals surface area contributed by atoms with Crippen molar-refractivity contribution in [2.45, 2.75) is 17.2 Å². The lowest BCUT2D eigenvalue weighted by atomic mass is 9.97. The highest BCUT2D eigenvalue weighted by molar-refractivity contribution is 7.89. The monoisotopic (exact) mass is 347 g/mol. The number of nitrogens with zero attached hydrogens (tertiary/aromatic N) is 2. The first-order valence-corrected chi connectivity index (χ1v) is 9.31. The van der Waals surface area contributed by atoms with Gasteiger partial charge in [0, 0.05) is 25.2 Å². The molecule has 1 aromatic heterocycles. The van der Waals surface area contributed by atoms with E-state index in [1.165, 1.54) is 18.8 Å². The van der Waals surface area contributed by atoms with Gasteiger partial charge < -0.3 is 9.64 Å². The lowest BCUT2D eigenvalue weighted by Gasteiger charge is -2.19. The molecule has 7 heteroatoms. The van der Waals surface area contributed by atoms with Gasteiger partial charge in [-0.15, -0.1) is 0 Å². The molecule has 0 aliphatic carbocycles. The summed E-state index contributed by atoms with van der Waals surface area (Å²) in [5, 5.41) is 0. The van der Waals surface area contributed by atoms with Gasteiger partial charge in [0.2, 0.25) is 10.0 Å². The summed E-state index contributed by atoms with van der Waals surface area (Å²) in [7, 11) is -0.370. The van der Waals surface area contributed by atoms with Crippen LogP contribution in [0.2, 0.25) is 0 Å². The zero-order chi connectivity index (χ0) is 17.2. The third-order valence-electron chi connectivity index (χ3n) is 4.39. The van der Waals surface area contributed by atoms with Gasteiger partial charge in [-0.1, -0.05) is 18.2 Å². The van der Waals surface area contributed by atoms with Crippen molar-refractivity contribution < 1.29 is 13.2 Å². The molecule has 0 radical (unpaired) electrons. The molecule has 128 valence electrons. The molecule has 24 heavy (non-hydrogen) atoms. The van der Waals surface area contributed by atoms with Crippen molar-refractivity contribution in [1.82, 2.24) is 9.71 Å². The van der Waals surface area contributed by atoms with E-state index < -0.39 is 10.0 Å². The number of benzene rings is 1. The minimum absolute atomic E-state index is 0.175. The molecule has 0 bridgehead atoms. The number of rotatable bonds is 5. The first-order chi connectivity index (χ1) is 11.5. The van der Waals surface area contributed by atoms with Gasteiger partial charge in [0.25, 0.3) is 0 Å². The summed E-state index contributed by atoms with van der Waals surface area (Å²) in [6.45, 7) is 1.72. The van der Waals surface area contributed by atoms with Gasteiger partial charge in [-0.3, -0.25) is 0 Å². The Bertz CT molecular complexity index is 806. The molecule has 0 spiro atoms. The van der Waals surface area contributed by atoms with Crippen molar-refractivity contribution in [3.63, 3.8) is 0 Å². The summed E-state index contributed by atoms with van der Waals surface area (Å²) >= 11 is 0. The molecule has 1 N–H and O–H groups in total. The number of nitrogens with one attached hydrogen (secondary N) is 1. The molecule has 1 aromatic carbocycles. The quantitative estimate of drug-likeness (QED) is 0.896. The van der Waals surface area contributed by atoms with Crippen LogP contribution in [0.4, 0.5) is 5.82 Å². The van der Waals surface area contributed by atoms with Crippen LogP contribution in [-0.2, 0) is 10.0 Å². The number of para-hydroxylation sites is 1. The highest BCUT2D eigenvalue weighted by Crippen LogP contribution is 2.34. The van der Waals surface area contributed by atoms with Crippen LogP contribution in [0.3, 0.4) is 0 Å². The second-order valence-electron chi connectivity index (χ2n) is 5.73. The van der Waals surface area contributed by atoms with E-state index in [-0.39, 0.29) is 4.90 Å². The number of aromatic nitrogens is 1. The molecule has 1 fully saturated rings. The summed E-state index contributed by atoms with van der Waals surface area (Å²) in [6.07, 6.45) is 2.41. The van der Waals surface area contributed by atoms with Crippen LogP contribution >= 0.6 is 0 Å². The van der Waals surface area contributed by atoms with Gasteiger partial charge in [0.15, 0.2) is 0 Å². The maximum absolute atomic E-state index is 11.8. The highest BCUT2D eigenvalue weighted by atomic mass is 32.2. The van der Waals surface area contributed by atoms with Crippen molar-refractivity contribution >= 4 is 15.8 Å². The van der Waals surface area contributed by atoms with Crippen LogP contribution in [0.25, 0.3) is 0 Å². The van der Waals surface area contributed by atoms with Crippen molar-refractivity contribution in [2.24, 2.45) is 0 Å². The standard InChI is InChI=1S/C17H21N3O3S/c1-18-24(21,22)14-7-8-17(19-11-14)20-10-9-13(12-20)15-5-3-4-6-16(15)23-2/h3-8,11,13,18H,9-10,12H2,1-2H3. The minimum Gasteiger partial charge on any atom is -0.496 e. The Hall–Kier alpha value is -2.12. The number of hydrogen-bond donors (Lipinski definition) is 1. The lowest BCUT2D eigenvalue weighted by Crippen LogP contribution is -2.22. The summed E-state index contributed by atoms with van der Waals surface area (Å²) in [6, 6.07) is 11.4. The summed E-state index contributed by atoms with van der Waals surface area (Å²) in [5.74, 6) is 2.08. The fourth-order valence-corrected chi connectivity index (χ4v) is 3.74. The van der Waals surface area contributed by atoms with E-state index in [1.807, 2.05) is 18.2 Å². The van der Waals surface area contributed by atoms with E-state index >= 15 is 0 Å². The fourth-order valence-electron chi connectivity index (χ4n) is 3.06. The Kier molecular flexibility index (Phi) is 4.73. The summed E-state index contributed by atoms with van der Waals surface area (Å²) in [4.78, 5) is 6.67. The summed E-state index contributed by atoms with van der Waals surface area (Å²) in [5.41, 5.74) is 1.21. The van der Waals surface area contributed by atoms with E-state index in [0.717, 1.165) is 31.1 Å². The van der Waals surface area contributed by atoms with E-state index in [9.17, 15) is 8.42 Å². The smallest absolute Gasteiger partial charge is 0.241 e. The Morgan fingerprint density at radius 3 is 2.71 bits per heavy atom. The van der Waals surface area contributed by atoms with Crippen LogP contribution in [0, 0.1) is 0 Å². The predicted octanol–water partition coefficient (Wildman–Crippen LogP) is 1.99. The molecule has 1 aliphatic heterocycles. The molecule has 3 rings (SSSR count). The number of pyridine rings is 1. The molecule has 1 atom stereocenters. The fraction of sp³-hybridized carbons (Fsp3) is 0.353. The van der Waals surface area contributed by atoms with Crippen LogP contribution in [0.5, 0.6) is 5.75 Å². The van der Waals surface area contributed by atoms with Crippen molar-refractivity contribution in [2.75, 3.05) is 32.1 Å². The Morgan fingerprint density at radius 2 is 2.04 bits per heavy atom.